The summed E-state index contributed by atoms with van der Waals surface area (Å²) in [6.07, 6.45) is 2.17. The lowest BCUT2D eigenvalue weighted by Gasteiger charge is -2.23. The van der Waals surface area contributed by atoms with E-state index in [9.17, 15) is 9.18 Å². The lowest BCUT2D eigenvalue weighted by Crippen LogP contribution is -2.39. The van der Waals surface area contributed by atoms with E-state index in [0.29, 0.717) is 31.5 Å². The highest BCUT2D eigenvalue weighted by molar-refractivity contribution is 5.92. The van der Waals surface area contributed by atoms with Crippen LogP contribution in [0.4, 0.5) is 10.1 Å². The van der Waals surface area contributed by atoms with Crippen LogP contribution < -0.4 is 5.32 Å². The Kier molecular flexibility index (Phi) is 5.49. The maximum Gasteiger partial charge on any atom is 0.238 e. The molecule has 0 radical (unpaired) electrons. The van der Waals surface area contributed by atoms with Crippen LogP contribution >= 0.6 is 0 Å². The highest BCUT2D eigenvalue weighted by Gasteiger charge is 2.26. The van der Waals surface area contributed by atoms with Crippen LogP contribution in [-0.4, -0.2) is 43.2 Å². The molecule has 5 heteroatoms. The number of likely N-dealkylation sites (tertiary alicyclic amines) is 1. The van der Waals surface area contributed by atoms with E-state index in [2.05, 4.69) is 10.2 Å². The first-order chi connectivity index (χ1) is 9.69. The minimum absolute atomic E-state index is 0.0694. The average molecular weight is 280 g/mol. The fourth-order valence-corrected chi connectivity index (χ4v) is 2.46. The number of nitrogens with one attached hydrogen (secondary N) is 1. The molecule has 1 aromatic carbocycles. The molecule has 0 saturated carbocycles. The van der Waals surface area contributed by atoms with Crippen LogP contribution in [0.2, 0.25) is 0 Å². The second kappa shape index (κ2) is 7.36. The summed E-state index contributed by atoms with van der Waals surface area (Å²) < 4.78 is 18.2. The van der Waals surface area contributed by atoms with Crippen molar-refractivity contribution in [2.24, 2.45) is 0 Å². The standard InChI is InChI=1S/C15H21FN2O2/c1-2-20-11-14-4-3-9-18(14)10-15(19)17-13-7-5-12(16)6-8-13/h5-8,14H,2-4,9-11H2,1H3,(H,17,19). The topological polar surface area (TPSA) is 41.6 Å². The molecule has 1 amide bonds. The third kappa shape index (κ3) is 4.28. The SMILES string of the molecule is CCOCC1CCCN1CC(=O)Nc1ccc(F)cc1. The van der Waals surface area contributed by atoms with Gasteiger partial charge in [0.05, 0.1) is 13.2 Å². The second-order valence-electron chi connectivity index (χ2n) is 4.98. The molecule has 0 aliphatic carbocycles. The monoisotopic (exact) mass is 280 g/mol. The summed E-state index contributed by atoms with van der Waals surface area (Å²) >= 11 is 0. The van der Waals surface area contributed by atoms with Crippen molar-refractivity contribution < 1.29 is 13.9 Å². The van der Waals surface area contributed by atoms with Gasteiger partial charge in [-0.25, -0.2) is 4.39 Å². The zero-order chi connectivity index (χ0) is 14.4. The van der Waals surface area contributed by atoms with Gasteiger partial charge in [0.15, 0.2) is 0 Å². The van der Waals surface area contributed by atoms with Crippen LogP contribution in [0, 0.1) is 5.82 Å². The number of hydrogen-bond acceptors (Lipinski definition) is 3. The van der Waals surface area contributed by atoms with Crippen LogP contribution in [0.15, 0.2) is 24.3 Å². The van der Waals surface area contributed by atoms with Gasteiger partial charge in [-0.3, -0.25) is 9.69 Å². The maximum atomic E-state index is 12.8. The van der Waals surface area contributed by atoms with E-state index in [1.165, 1.54) is 12.1 Å². The number of carbonyl (C=O) groups excluding carboxylic acids is 1. The summed E-state index contributed by atoms with van der Waals surface area (Å²) in [5, 5.41) is 2.78. The summed E-state index contributed by atoms with van der Waals surface area (Å²) in [4.78, 5) is 14.1. The Hall–Kier alpha value is -1.46. The highest BCUT2D eigenvalue weighted by atomic mass is 19.1. The average Bonchev–Trinajstić information content (AvgIpc) is 2.86. The predicted octanol–water partition coefficient (Wildman–Crippen LogP) is 2.27. The number of carbonyl (C=O) groups is 1. The largest absolute Gasteiger partial charge is 0.380 e. The van der Waals surface area contributed by atoms with Gasteiger partial charge in [0.2, 0.25) is 5.91 Å². The molecule has 0 aromatic heterocycles. The fourth-order valence-electron chi connectivity index (χ4n) is 2.46. The van der Waals surface area contributed by atoms with E-state index in [0.717, 1.165) is 19.4 Å². The van der Waals surface area contributed by atoms with Crippen molar-refractivity contribution in [1.82, 2.24) is 4.90 Å². The number of anilines is 1. The van der Waals surface area contributed by atoms with Gasteiger partial charge >= 0.3 is 0 Å². The number of benzene rings is 1. The smallest absolute Gasteiger partial charge is 0.238 e. The highest BCUT2D eigenvalue weighted by Crippen LogP contribution is 2.17. The molecule has 0 bridgehead atoms. The van der Waals surface area contributed by atoms with E-state index in [-0.39, 0.29) is 11.7 Å². The quantitative estimate of drug-likeness (QED) is 0.869. The molecule has 4 nitrogen and oxygen atoms in total. The van der Waals surface area contributed by atoms with Gasteiger partial charge in [-0.05, 0) is 50.6 Å². The lowest BCUT2D eigenvalue weighted by atomic mass is 10.2. The predicted molar refractivity (Wildman–Crippen MR) is 76.1 cm³/mol. The molecule has 1 fully saturated rings. The Morgan fingerprint density at radius 1 is 1.45 bits per heavy atom. The van der Waals surface area contributed by atoms with Crippen LogP contribution in [0.3, 0.4) is 0 Å². The Labute approximate surface area is 118 Å². The van der Waals surface area contributed by atoms with Crippen molar-refractivity contribution in [1.29, 1.82) is 0 Å². The first-order valence-electron chi connectivity index (χ1n) is 7.06. The summed E-state index contributed by atoms with van der Waals surface area (Å²) in [6, 6.07) is 6.13. The fraction of sp³-hybridized carbons (Fsp3) is 0.533. The molecule has 2 rings (SSSR count). The minimum atomic E-state index is -0.306. The van der Waals surface area contributed by atoms with E-state index < -0.39 is 0 Å². The maximum absolute atomic E-state index is 12.8. The molecule has 20 heavy (non-hydrogen) atoms. The van der Waals surface area contributed by atoms with Crippen molar-refractivity contribution in [3.8, 4) is 0 Å². The molecule has 1 unspecified atom stereocenters. The van der Waals surface area contributed by atoms with Gasteiger partial charge in [-0.2, -0.15) is 0 Å². The molecule has 1 saturated heterocycles. The number of rotatable bonds is 6. The van der Waals surface area contributed by atoms with Crippen molar-refractivity contribution in [3.63, 3.8) is 0 Å². The zero-order valence-corrected chi connectivity index (χ0v) is 11.8. The first kappa shape index (κ1) is 14.9. The third-order valence-corrected chi connectivity index (χ3v) is 3.49. The van der Waals surface area contributed by atoms with Crippen molar-refractivity contribution in [2.75, 3.05) is 31.6 Å². The van der Waals surface area contributed by atoms with Crippen LogP contribution in [0.1, 0.15) is 19.8 Å². The van der Waals surface area contributed by atoms with Crippen molar-refractivity contribution in [2.45, 2.75) is 25.8 Å². The normalized spacial score (nSPS) is 19.2. The summed E-state index contributed by atoms with van der Waals surface area (Å²) in [5.41, 5.74) is 0.622. The summed E-state index contributed by atoms with van der Waals surface area (Å²) in [5.74, 6) is -0.376. The van der Waals surface area contributed by atoms with E-state index in [1.807, 2.05) is 6.92 Å². The van der Waals surface area contributed by atoms with Crippen LogP contribution in [0.5, 0.6) is 0 Å². The van der Waals surface area contributed by atoms with Gasteiger partial charge in [-0.1, -0.05) is 0 Å². The van der Waals surface area contributed by atoms with Gasteiger partial charge in [-0.15, -0.1) is 0 Å². The van der Waals surface area contributed by atoms with Gasteiger partial charge in [0.25, 0.3) is 0 Å². The molecule has 1 aliphatic heterocycles. The summed E-state index contributed by atoms with van der Waals surface area (Å²) in [7, 11) is 0. The molecular weight excluding hydrogens is 259 g/mol. The Bertz CT molecular complexity index is 436. The number of nitrogens with zero attached hydrogens (tertiary/aromatic N) is 1. The molecule has 1 N–H and O–H groups in total. The Morgan fingerprint density at radius 3 is 2.90 bits per heavy atom. The van der Waals surface area contributed by atoms with Gasteiger partial charge in [0, 0.05) is 18.3 Å². The van der Waals surface area contributed by atoms with E-state index in [4.69, 9.17) is 4.74 Å². The first-order valence-corrected chi connectivity index (χ1v) is 7.06. The number of amides is 1. The van der Waals surface area contributed by atoms with Crippen molar-refractivity contribution >= 4 is 11.6 Å². The molecule has 1 heterocycles. The molecule has 110 valence electrons. The number of ether oxygens (including phenoxy) is 1. The van der Waals surface area contributed by atoms with E-state index in [1.54, 1.807) is 12.1 Å². The minimum Gasteiger partial charge on any atom is -0.380 e. The Balaban J connectivity index is 1.82. The zero-order valence-electron chi connectivity index (χ0n) is 11.8. The van der Waals surface area contributed by atoms with Crippen molar-refractivity contribution in [3.05, 3.63) is 30.1 Å². The van der Waals surface area contributed by atoms with Crippen LogP contribution in [-0.2, 0) is 9.53 Å². The van der Waals surface area contributed by atoms with E-state index >= 15 is 0 Å². The number of hydrogen-bond donors (Lipinski definition) is 1. The van der Waals surface area contributed by atoms with Gasteiger partial charge < -0.3 is 10.1 Å². The molecule has 0 spiro atoms. The summed E-state index contributed by atoms with van der Waals surface area (Å²) in [6.45, 7) is 4.64. The van der Waals surface area contributed by atoms with Crippen LogP contribution in [0.25, 0.3) is 0 Å². The molecular formula is C15H21FN2O2. The van der Waals surface area contributed by atoms with Gasteiger partial charge in [0.1, 0.15) is 5.82 Å². The molecule has 1 aliphatic rings. The lowest BCUT2D eigenvalue weighted by molar-refractivity contribution is -0.117. The number of halogens is 1. The third-order valence-electron chi connectivity index (χ3n) is 3.49. The molecule has 1 aromatic rings. The second-order valence-corrected chi connectivity index (χ2v) is 4.98. The Morgan fingerprint density at radius 2 is 2.20 bits per heavy atom. The molecule has 1 atom stereocenters.